The highest BCUT2D eigenvalue weighted by molar-refractivity contribution is 5.81. The van der Waals surface area contributed by atoms with Crippen LogP contribution in [0.3, 0.4) is 0 Å². The first-order valence-corrected chi connectivity index (χ1v) is 7.49. The van der Waals surface area contributed by atoms with Crippen LogP contribution in [-0.2, 0) is 9.53 Å². The molecule has 0 bridgehead atoms. The maximum Gasteiger partial charge on any atom is 0.167 e. The van der Waals surface area contributed by atoms with Crippen molar-refractivity contribution in [2.45, 2.75) is 50.7 Å². The number of aliphatic hydroxyl groups excluding tert-OH is 2. The fourth-order valence-corrected chi connectivity index (χ4v) is 2.79. The van der Waals surface area contributed by atoms with Crippen LogP contribution in [0.5, 0.6) is 0 Å². The molecular formula is C14H19N5O4. The van der Waals surface area contributed by atoms with Crippen LogP contribution in [0.25, 0.3) is 11.2 Å². The van der Waals surface area contributed by atoms with E-state index in [1.54, 1.807) is 0 Å². The molecule has 9 nitrogen and oxygen atoms in total. The Bertz CT molecular complexity index is 718. The van der Waals surface area contributed by atoms with Gasteiger partial charge in [-0.15, -0.1) is 0 Å². The van der Waals surface area contributed by atoms with Gasteiger partial charge in [0.2, 0.25) is 0 Å². The van der Waals surface area contributed by atoms with Gasteiger partial charge >= 0.3 is 0 Å². The Kier molecular flexibility index (Phi) is 4.24. The van der Waals surface area contributed by atoms with E-state index in [0.717, 1.165) is 6.42 Å². The summed E-state index contributed by atoms with van der Waals surface area (Å²) in [6.07, 6.45) is -0.0644. The highest BCUT2D eigenvalue weighted by Crippen LogP contribution is 2.33. The van der Waals surface area contributed by atoms with E-state index in [1.807, 2.05) is 6.92 Å². The van der Waals surface area contributed by atoms with Gasteiger partial charge in [0.15, 0.2) is 17.7 Å². The SMILES string of the molecule is CCCC(=O)C[C@H]1O[C@@H](n2cnc3c(N)ncnc32)[C@H](O)[C@@H]1O. The second-order valence-electron chi connectivity index (χ2n) is 5.62. The number of Topliss-reactive ketones (excluding diaryl/α,β-unsaturated/α-hetero) is 1. The van der Waals surface area contributed by atoms with Crippen molar-refractivity contribution in [2.24, 2.45) is 0 Å². The summed E-state index contributed by atoms with van der Waals surface area (Å²) in [5.41, 5.74) is 6.52. The number of nitrogen functional groups attached to an aromatic ring is 1. The third-order valence-electron chi connectivity index (χ3n) is 3.96. The van der Waals surface area contributed by atoms with E-state index in [1.165, 1.54) is 17.2 Å². The maximum atomic E-state index is 11.8. The Morgan fingerprint density at radius 3 is 2.87 bits per heavy atom. The Labute approximate surface area is 132 Å². The van der Waals surface area contributed by atoms with E-state index >= 15 is 0 Å². The second kappa shape index (κ2) is 6.19. The van der Waals surface area contributed by atoms with Crippen molar-refractivity contribution < 1.29 is 19.7 Å². The smallest absolute Gasteiger partial charge is 0.167 e. The molecule has 23 heavy (non-hydrogen) atoms. The summed E-state index contributed by atoms with van der Waals surface area (Å²) in [7, 11) is 0. The monoisotopic (exact) mass is 321 g/mol. The van der Waals surface area contributed by atoms with Gasteiger partial charge in [0.05, 0.1) is 12.4 Å². The molecule has 9 heteroatoms. The average molecular weight is 321 g/mol. The van der Waals surface area contributed by atoms with E-state index in [-0.39, 0.29) is 18.0 Å². The molecule has 0 unspecified atom stereocenters. The van der Waals surface area contributed by atoms with Gasteiger partial charge in [-0.1, -0.05) is 6.92 Å². The number of hydrogen-bond acceptors (Lipinski definition) is 8. The lowest BCUT2D eigenvalue weighted by molar-refractivity contribution is -0.123. The number of anilines is 1. The normalized spacial score (nSPS) is 27.6. The predicted molar refractivity (Wildman–Crippen MR) is 80.2 cm³/mol. The molecule has 0 amide bonds. The summed E-state index contributed by atoms with van der Waals surface area (Å²) in [5, 5.41) is 20.4. The number of carbonyl (C=O) groups excluding carboxylic acids is 1. The van der Waals surface area contributed by atoms with Gasteiger partial charge in [0.25, 0.3) is 0 Å². The standard InChI is InChI=1S/C14H19N5O4/c1-2-3-7(20)4-8-10(21)11(22)14(23-8)19-6-18-9-12(15)16-5-17-13(9)19/h5-6,8,10-11,14,21-22H,2-4H2,1H3,(H2,15,16,17)/t8-,10-,11-,14-/m1/s1. The Hall–Kier alpha value is -2.10. The number of ether oxygens (including phenoxy) is 1. The quantitative estimate of drug-likeness (QED) is 0.688. The number of fused-ring (bicyclic) bond motifs is 1. The third kappa shape index (κ3) is 2.78. The largest absolute Gasteiger partial charge is 0.388 e. The van der Waals surface area contributed by atoms with Crippen molar-refractivity contribution in [3.8, 4) is 0 Å². The number of ketones is 1. The van der Waals surface area contributed by atoms with E-state index in [9.17, 15) is 15.0 Å². The highest BCUT2D eigenvalue weighted by atomic mass is 16.6. The van der Waals surface area contributed by atoms with Gasteiger partial charge in [-0.3, -0.25) is 9.36 Å². The van der Waals surface area contributed by atoms with Crippen LogP contribution in [0.4, 0.5) is 5.82 Å². The molecule has 3 heterocycles. The van der Waals surface area contributed by atoms with Crippen molar-refractivity contribution in [3.63, 3.8) is 0 Å². The maximum absolute atomic E-state index is 11.8. The lowest BCUT2D eigenvalue weighted by atomic mass is 10.0. The first-order valence-electron chi connectivity index (χ1n) is 7.49. The number of aromatic nitrogens is 4. The minimum absolute atomic E-state index is 0.00791. The van der Waals surface area contributed by atoms with Crippen molar-refractivity contribution in [1.29, 1.82) is 0 Å². The first kappa shape index (κ1) is 15.8. The molecule has 4 atom stereocenters. The number of carbonyl (C=O) groups is 1. The Morgan fingerprint density at radius 1 is 1.35 bits per heavy atom. The number of rotatable bonds is 5. The number of imidazole rings is 1. The fraction of sp³-hybridized carbons (Fsp3) is 0.571. The zero-order valence-electron chi connectivity index (χ0n) is 12.7. The second-order valence-corrected chi connectivity index (χ2v) is 5.62. The lowest BCUT2D eigenvalue weighted by Gasteiger charge is -2.16. The van der Waals surface area contributed by atoms with Crippen molar-refractivity contribution >= 4 is 22.8 Å². The molecule has 124 valence electrons. The van der Waals surface area contributed by atoms with E-state index in [2.05, 4.69) is 15.0 Å². The van der Waals surface area contributed by atoms with Crippen LogP contribution in [0.1, 0.15) is 32.4 Å². The molecule has 3 rings (SSSR count). The van der Waals surface area contributed by atoms with Gasteiger partial charge in [0, 0.05) is 12.8 Å². The summed E-state index contributed by atoms with van der Waals surface area (Å²) >= 11 is 0. The van der Waals surface area contributed by atoms with Gasteiger partial charge in [-0.05, 0) is 6.42 Å². The summed E-state index contributed by atoms with van der Waals surface area (Å²) < 4.78 is 7.19. The average Bonchev–Trinajstić information content (AvgIpc) is 3.05. The van der Waals surface area contributed by atoms with Gasteiger partial charge < -0.3 is 20.7 Å². The summed E-state index contributed by atoms with van der Waals surface area (Å²) in [5.74, 6) is 0.211. The molecular weight excluding hydrogens is 302 g/mol. The van der Waals surface area contributed by atoms with Crippen LogP contribution >= 0.6 is 0 Å². The highest BCUT2D eigenvalue weighted by Gasteiger charge is 2.44. The molecule has 0 saturated carbocycles. The minimum atomic E-state index is -1.19. The molecule has 2 aromatic heterocycles. The van der Waals surface area contributed by atoms with Crippen LogP contribution in [0.15, 0.2) is 12.7 Å². The molecule has 0 aliphatic carbocycles. The molecule has 4 N–H and O–H groups in total. The molecule has 1 aliphatic heterocycles. The first-order chi connectivity index (χ1) is 11.0. The summed E-state index contributed by atoms with van der Waals surface area (Å²) in [6.45, 7) is 1.91. The molecule has 0 aromatic carbocycles. The van der Waals surface area contributed by atoms with Gasteiger partial charge in [0.1, 0.15) is 29.8 Å². The predicted octanol–water partition coefficient (Wildman–Crippen LogP) is -0.213. The third-order valence-corrected chi connectivity index (χ3v) is 3.96. The molecule has 0 radical (unpaired) electrons. The Morgan fingerprint density at radius 2 is 2.13 bits per heavy atom. The van der Waals surface area contributed by atoms with Crippen LogP contribution in [0.2, 0.25) is 0 Å². The fourth-order valence-electron chi connectivity index (χ4n) is 2.79. The molecule has 1 aliphatic rings. The van der Waals surface area contributed by atoms with E-state index in [4.69, 9.17) is 10.5 Å². The summed E-state index contributed by atoms with van der Waals surface area (Å²) in [4.78, 5) is 23.8. The van der Waals surface area contributed by atoms with Crippen LogP contribution < -0.4 is 5.73 Å². The van der Waals surface area contributed by atoms with Crippen molar-refractivity contribution in [2.75, 3.05) is 5.73 Å². The number of nitrogens with two attached hydrogens (primary N) is 1. The molecule has 1 fully saturated rings. The van der Waals surface area contributed by atoms with Gasteiger partial charge in [-0.25, -0.2) is 15.0 Å². The van der Waals surface area contributed by atoms with Crippen LogP contribution in [-0.4, -0.2) is 53.8 Å². The van der Waals surface area contributed by atoms with Gasteiger partial charge in [-0.2, -0.15) is 0 Å². The van der Waals surface area contributed by atoms with E-state index in [0.29, 0.717) is 17.6 Å². The minimum Gasteiger partial charge on any atom is -0.388 e. The number of hydrogen-bond donors (Lipinski definition) is 3. The molecule has 2 aromatic rings. The lowest BCUT2D eigenvalue weighted by Crippen LogP contribution is -2.32. The molecule has 1 saturated heterocycles. The van der Waals surface area contributed by atoms with Crippen LogP contribution in [0, 0.1) is 0 Å². The number of nitrogens with zero attached hydrogens (tertiary/aromatic N) is 4. The zero-order valence-corrected chi connectivity index (χ0v) is 12.7. The number of aliphatic hydroxyl groups is 2. The van der Waals surface area contributed by atoms with E-state index < -0.39 is 24.5 Å². The van der Waals surface area contributed by atoms with Crippen molar-refractivity contribution in [3.05, 3.63) is 12.7 Å². The van der Waals surface area contributed by atoms with Crippen molar-refractivity contribution in [1.82, 2.24) is 19.5 Å². The molecule has 0 spiro atoms. The topological polar surface area (TPSA) is 136 Å². The zero-order chi connectivity index (χ0) is 16.6. The Balaban J connectivity index is 1.85. The summed E-state index contributed by atoms with van der Waals surface area (Å²) in [6, 6.07) is 0.